The van der Waals surface area contributed by atoms with Crippen molar-refractivity contribution in [3.63, 3.8) is 0 Å². The summed E-state index contributed by atoms with van der Waals surface area (Å²) in [6.45, 7) is 8.10. The molecule has 32 heavy (non-hydrogen) atoms. The van der Waals surface area contributed by atoms with Crippen LogP contribution in [0.1, 0.15) is 6.92 Å². The summed E-state index contributed by atoms with van der Waals surface area (Å²) in [4.78, 5) is 18.0. The van der Waals surface area contributed by atoms with Crippen LogP contribution in [0.3, 0.4) is 0 Å². The second kappa shape index (κ2) is 11.1. The zero-order chi connectivity index (χ0) is 22.2. The van der Waals surface area contributed by atoms with Gasteiger partial charge in [0, 0.05) is 31.9 Å². The summed E-state index contributed by atoms with van der Waals surface area (Å²) in [6, 6.07) is 7.57. The molecule has 0 atom stereocenters. The van der Waals surface area contributed by atoms with E-state index in [2.05, 4.69) is 40.9 Å². The smallest absolute Gasteiger partial charge is 0.248 e. The third-order valence-electron chi connectivity index (χ3n) is 4.91. The molecule has 2 saturated heterocycles. The zero-order valence-corrected chi connectivity index (χ0v) is 18.9. The summed E-state index contributed by atoms with van der Waals surface area (Å²) < 4.78 is 16.4. The molecule has 0 aliphatic carbocycles. The maximum Gasteiger partial charge on any atom is 0.248 e. The van der Waals surface area contributed by atoms with Gasteiger partial charge < -0.3 is 29.3 Å². The lowest BCUT2D eigenvalue weighted by atomic mass is 10.3. The van der Waals surface area contributed by atoms with Gasteiger partial charge in [-0.1, -0.05) is 0 Å². The first-order chi connectivity index (χ1) is 15.7. The predicted molar refractivity (Wildman–Crippen MR) is 126 cm³/mol. The summed E-state index contributed by atoms with van der Waals surface area (Å²) in [5.41, 5.74) is 6.79. The number of hydrazine groups is 1. The molecule has 1 aromatic heterocycles. The van der Waals surface area contributed by atoms with Crippen LogP contribution >= 0.6 is 12.2 Å². The van der Waals surface area contributed by atoms with Crippen LogP contribution in [-0.2, 0) is 9.47 Å². The van der Waals surface area contributed by atoms with Gasteiger partial charge in [0.2, 0.25) is 17.8 Å². The van der Waals surface area contributed by atoms with Crippen LogP contribution in [0.2, 0.25) is 0 Å². The van der Waals surface area contributed by atoms with E-state index in [0.29, 0.717) is 56.0 Å². The van der Waals surface area contributed by atoms with Crippen molar-refractivity contribution in [2.75, 3.05) is 79.8 Å². The average Bonchev–Trinajstić information content (AvgIpc) is 2.85. The molecule has 12 heteroatoms. The van der Waals surface area contributed by atoms with Gasteiger partial charge in [0.15, 0.2) is 5.11 Å². The van der Waals surface area contributed by atoms with E-state index in [1.165, 1.54) is 0 Å². The summed E-state index contributed by atoms with van der Waals surface area (Å²) in [7, 11) is 0. The molecule has 0 saturated carbocycles. The number of aromatic nitrogens is 3. The molecule has 2 aliphatic rings. The minimum absolute atomic E-state index is 0.385. The Bertz CT molecular complexity index is 853. The highest BCUT2D eigenvalue weighted by Gasteiger charge is 2.20. The average molecular weight is 461 g/mol. The highest BCUT2D eigenvalue weighted by atomic mass is 32.1. The molecule has 3 heterocycles. The summed E-state index contributed by atoms with van der Waals surface area (Å²) in [5, 5.41) is 3.50. The highest BCUT2D eigenvalue weighted by molar-refractivity contribution is 7.80. The Balaban J connectivity index is 1.42. The third-order valence-corrected chi connectivity index (χ3v) is 5.11. The van der Waals surface area contributed by atoms with Crippen LogP contribution in [0.5, 0.6) is 5.75 Å². The van der Waals surface area contributed by atoms with E-state index in [4.69, 9.17) is 26.4 Å². The minimum atomic E-state index is 0.385. The Morgan fingerprint density at radius 2 is 1.50 bits per heavy atom. The number of thiocarbonyl (C=S) groups is 1. The van der Waals surface area contributed by atoms with Crippen LogP contribution < -0.4 is 30.7 Å². The molecule has 3 N–H and O–H groups in total. The first kappa shape index (κ1) is 22.2. The molecular formula is C20H28N8O3S. The Kier molecular flexibility index (Phi) is 7.69. The first-order valence-electron chi connectivity index (χ1n) is 10.7. The van der Waals surface area contributed by atoms with Gasteiger partial charge in [-0.2, -0.15) is 15.0 Å². The standard InChI is InChI=1S/C20H28N8O3S/c1-2-31-16-5-3-15(4-6-16)21-20(32)26-25-17-22-18(27-7-11-29-12-8-27)24-19(23-17)28-9-13-30-14-10-28/h3-6H,2,7-14H2,1H3,(H2,21,26,32)(H,22,23,24,25). The Morgan fingerprint density at radius 1 is 0.938 bits per heavy atom. The van der Waals surface area contributed by atoms with Crippen LogP contribution in [-0.4, -0.2) is 79.3 Å². The normalized spacial score (nSPS) is 16.4. The van der Waals surface area contributed by atoms with Crippen LogP contribution in [0.4, 0.5) is 23.5 Å². The van der Waals surface area contributed by atoms with E-state index >= 15 is 0 Å². The predicted octanol–water partition coefficient (Wildman–Crippen LogP) is 1.26. The van der Waals surface area contributed by atoms with Crippen molar-refractivity contribution in [1.82, 2.24) is 20.4 Å². The number of anilines is 4. The van der Waals surface area contributed by atoms with Crippen molar-refractivity contribution in [1.29, 1.82) is 0 Å². The number of morpholine rings is 2. The molecular weight excluding hydrogens is 432 g/mol. The lowest BCUT2D eigenvalue weighted by molar-refractivity contribution is 0.121. The lowest BCUT2D eigenvalue weighted by Crippen LogP contribution is -2.40. The van der Waals surface area contributed by atoms with E-state index in [9.17, 15) is 0 Å². The largest absolute Gasteiger partial charge is 0.494 e. The van der Waals surface area contributed by atoms with Gasteiger partial charge in [-0.15, -0.1) is 0 Å². The van der Waals surface area contributed by atoms with Gasteiger partial charge >= 0.3 is 0 Å². The van der Waals surface area contributed by atoms with Gasteiger partial charge in [-0.3, -0.25) is 10.9 Å². The molecule has 4 rings (SSSR count). The third kappa shape index (κ3) is 6.05. The number of hydrogen-bond donors (Lipinski definition) is 3. The Labute approximate surface area is 192 Å². The fourth-order valence-electron chi connectivity index (χ4n) is 3.30. The highest BCUT2D eigenvalue weighted by Crippen LogP contribution is 2.19. The van der Waals surface area contributed by atoms with Crippen molar-refractivity contribution < 1.29 is 14.2 Å². The lowest BCUT2D eigenvalue weighted by Gasteiger charge is -2.30. The van der Waals surface area contributed by atoms with Gasteiger partial charge in [-0.25, -0.2) is 0 Å². The van der Waals surface area contributed by atoms with Gasteiger partial charge in [0.1, 0.15) is 5.75 Å². The molecule has 0 spiro atoms. The second-order valence-corrected chi connectivity index (χ2v) is 7.53. The number of hydrogen-bond acceptors (Lipinski definition) is 10. The molecule has 1 aromatic carbocycles. The van der Waals surface area contributed by atoms with Crippen molar-refractivity contribution >= 4 is 40.9 Å². The molecule has 0 unspecified atom stereocenters. The number of nitrogens with one attached hydrogen (secondary N) is 3. The number of rotatable bonds is 7. The topological polar surface area (TPSA) is 109 Å². The van der Waals surface area contributed by atoms with Crippen molar-refractivity contribution in [2.45, 2.75) is 6.92 Å². The second-order valence-electron chi connectivity index (χ2n) is 7.12. The van der Waals surface area contributed by atoms with Crippen LogP contribution in [0.15, 0.2) is 24.3 Å². The fraction of sp³-hybridized carbons (Fsp3) is 0.500. The monoisotopic (exact) mass is 460 g/mol. The van der Waals surface area contributed by atoms with E-state index in [1.807, 2.05) is 31.2 Å². The fourth-order valence-corrected chi connectivity index (χ4v) is 3.46. The maximum atomic E-state index is 5.46. The van der Waals surface area contributed by atoms with E-state index in [0.717, 1.165) is 37.6 Å². The van der Waals surface area contributed by atoms with E-state index < -0.39 is 0 Å². The quantitative estimate of drug-likeness (QED) is 0.409. The molecule has 2 aromatic rings. The van der Waals surface area contributed by atoms with Crippen molar-refractivity contribution in [3.8, 4) is 5.75 Å². The Morgan fingerprint density at radius 3 is 2.03 bits per heavy atom. The van der Waals surface area contributed by atoms with Crippen molar-refractivity contribution in [3.05, 3.63) is 24.3 Å². The molecule has 0 amide bonds. The van der Waals surface area contributed by atoms with Gasteiger partial charge in [0.25, 0.3) is 0 Å². The van der Waals surface area contributed by atoms with Crippen LogP contribution in [0.25, 0.3) is 0 Å². The first-order valence-corrected chi connectivity index (χ1v) is 11.1. The molecule has 0 radical (unpaired) electrons. The van der Waals surface area contributed by atoms with E-state index in [-0.39, 0.29) is 0 Å². The summed E-state index contributed by atoms with van der Waals surface area (Å²) >= 11 is 5.39. The molecule has 172 valence electrons. The molecule has 2 aliphatic heterocycles. The zero-order valence-electron chi connectivity index (χ0n) is 18.0. The minimum Gasteiger partial charge on any atom is -0.494 e. The van der Waals surface area contributed by atoms with Gasteiger partial charge in [-0.05, 0) is 43.4 Å². The van der Waals surface area contributed by atoms with Crippen molar-refractivity contribution in [2.24, 2.45) is 0 Å². The molecule has 0 bridgehead atoms. The van der Waals surface area contributed by atoms with Crippen LogP contribution in [0, 0.1) is 0 Å². The SMILES string of the molecule is CCOc1ccc(NC(=S)NNc2nc(N3CCOCC3)nc(N3CCOCC3)n2)cc1. The number of nitrogens with zero attached hydrogens (tertiary/aromatic N) is 5. The summed E-state index contributed by atoms with van der Waals surface area (Å²) in [6.07, 6.45) is 0. The molecule has 11 nitrogen and oxygen atoms in total. The Hall–Kier alpha value is -2.96. The van der Waals surface area contributed by atoms with E-state index in [1.54, 1.807) is 0 Å². The maximum absolute atomic E-state index is 5.46. The van der Waals surface area contributed by atoms with Gasteiger partial charge in [0.05, 0.1) is 33.0 Å². The molecule has 2 fully saturated rings. The number of ether oxygens (including phenoxy) is 3. The number of benzene rings is 1. The summed E-state index contributed by atoms with van der Waals surface area (Å²) in [5.74, 6) is 2.42.